The minimum absolute atomic E-state index is 0.0553. The molecule has 3 nitrogen and oxygen atoms in total. The largest absolute Gasteiger partial charge is 0.335 e. The minimum atomic E-state index is -0.885. The normalized spacial score (nSPS) is 18.8. The monoisotopic (exact) mass is 304 g/mol. The van der Waals surface area contributed by atoms with Crippen LogP contribution in [0.2, 0.25) is 0 Å². The first kappa shape index (κ1) is 14.2. The van der Waals surface area contributed by atoms with E-state index in [1.165, 1.54) is 11.3 Å². The second-order valence-corrected chi connectivity index (χ2v) is 6.43. The summed E-state index contributed by atoms with van der Waals surface area (Å²) in [5.74, 6) is -0.0553. The highest BCUT2D eigenvalue weighted by molar-refractivity contribution is 7.17. The highest BCUT2D eigenvalue weighted by atomic mass is 32.1. The Labute approximate surface area is 127 Å². The second kappa shape index (κ2) is 5.93. The van der Waals surface area contributed by atoms with E-state index >= 15 is 0 Å². The molecule has 1 atom stereocenters. The van der Waals surface area contributed by atoms with Gasteiger partial charge in [0.25, 0.3) is 5.91 Å². The minimum Gasteiger partial charge on any atom is -0.335 e. The van der Waals surface area contributed by atoms with Crippen LogP contribution in [-0.4, -0.2) is 35.1 Å². The van der Waals surface area contributed by atoms with Gasteiger partial charge in [-0.1, -0.05) is 0 Å². The number of carbonyl (C=O) groups is 1. The predicted octanol–water partition coefficient (Wildman–Crippen LogP) is 3.69. The summed E-state index contributed by atoms with van der Waals surface area (Å²) in [5.41, 5.74) is 2.18. The van der Waals surface area contributed by atoms with Gasteiger partial charge in [0, 0.05) is 23.8 Å². The third-order valence-electron chi connectivity index (χ3n) is 3.75. The first-order valence-corrected chi connectivity index (χ1v) is 7.91. The van der Waals surface area contributed by atoms with E-state index in [9.17, 15) is 9.18 Å². The molecular weight excluding hydrogens is 287 g/mol. The van der Waals surface area contributed by atoms with Crippen molar-refractivity contribution in [1.82, 2.24) is 9.88 Å². The average Bonchev–Trinajstić information content (AvgIpc) is 2.96. The van der Waals surface area contributed by atoms with E-state index in [2.05, 4.69) is 4.98 Å². The molecule has 0 saturated carbocycles. The Kier molecular flexibility index (Phi) is 4.01. The zero-order chi connectivity index (χ0) is 14.8. The van der Waals surface area contributed by atoms with Gasteiger partial charge in [-0.2, -0.15) is 0 Å². The summed E-state index contributed by atoms with van der Waals surface area (Å²) < 4.78 is 13.4. The van der Waals surface area contributed by atoms with Gasteiger partial charge in [-0.3, -0.25) is 9.78 Å². The molecule has 1 fully saturated rings. The molecule has 2 aromatic rings. The van der Waals surface area contributed by atoms with Gasteiger partial charge in [0.2, 0.25) is 0 Å². The summed E-state index contributed by atoms with van der Waals surface area (Å²) in [5, 5.41) is 0. The van der Waals surface area contributed by atoms with E-state index < -0.39 is 6.17 Å². The van der Waals surface area contributed by atoms with Gasteiger partial charge in [-0.25, -0.2) is 4.39 Å². The topological polar surface area (TPSA) is 33.2 Å². The molecule has 1 aliphatic rings. The first-order chi connectivity index (χ1) is 10.1. The number of halogens is 1. The molecular formula is C16H17FN2OS. The molecule has 21 heavy (non-hydrogen) atoms. The van der Waals surface area contributed by atoms with Gasteiger partial charge >= 0.3 is 0 Å². The van der Waals surface area contributed by atoms with Gasteiger partial charge in [-0.15, -0.1) is 11.3 Å². The third kappa shape index (κ3) is 2.97. The molecule has 0 N–H and O–H groups in total. The highest BCUT2D eigenvalue weighted by Crippen LogP contribution is 2.31. The number of piperidine rings is 1. The zero-order valence-electron chi connectivity index (χ0n) is 11.9. The van der Waals surface area contributed by atoms with Crippen LogP contribution in [0.1, 0.15) is 28.1 Å². The summed E-state index contributed by atoms with van der Waals surface area (Å²) >= 11 is 1.46. The van der Waals surface area contributed by atoms with Crippen molar-refractivity contribution in [2.75, 3.05) is 13.1 Å². The number of hydrogen-bond acceptors (Lipinski definition) is 3. The molecule has 2 aromatic heterocycles. The molecule has 5 heteroatoms. The van der Waals surface area contributed by atoms with Crippen molar-refractivity contribution in [3.8, 4) is 10.4 Å². The van der Waals surface area contributed by atoms with E-state index in [4.69, 9.17) is 0 Å². The fourth-order valence-corrected chi connectivity index (χ4v) is 3.68. The number of aryl methyl sites for hydroxylation is 1. The Balaban J connectivity index is 1.82. The highest BCUT2D eigenvalue weighted by Gasteiger charge is 2.25. The molecule has 0 radical (unpaired) electrons. The molecule has 3 rings (SSSR count). The second-order valence-electron chi connectivity index (χ2n) is 5.35. The number of carbonyl (C=O) groups excluding carboxylic acids is 1. The van der Waals surface area contributed by atoms with Crippen LogP contribution in [0.4, 0.5) is 4.39 Å². The molecule has 0 spiro atoms. The number of alkyl halides is 1. The molecule has 0 bridgehead atoms. The third-order valence-corrected chi connectivity index (χ3v) is 4.86. The lowest BCUT2D eigenvalue weighted by Crippen LogP contribution is -2.40. The standard InChI is InChI=1S/C16H17FN2OS/c1-11-9-18-7-6-13(11)14-4-5-15(21-14)16(20)19-8-2-3-12(17)10-19/h4-7,9,12H,2-3,8,10H2,1H3. The fraction of sp³-hybridized carbons (Fsp3) is 0.375. The number of hydrogen-bond donors (Lipinski definition) is 0. The molecule has 3 heterocycles. The van der Waals surface area contributed by atoms with E-state index in [0.29, 0.717) is 17.8 Å². The van der Waals surface area contributed by atoms with E-state index in [1.54, 1.807) is 11.1 Å². The van der Waals surface area contributed by atoms with Crippen molar-refractivity contribution in [3.63, 3.8) is 0 Å². The van der Waals surface area contributed by atoms with Crippen LogP contribution in [0.3, 0.4) is 0 Å². The molecule has 1 aliphatic heterocycles. The lowest BCUT2D eigenvalue weighted by Gasteiger charge is -2.28. The number of amides is 1. The Hall–Kier alpha value is -1.75. The van der Waals surface area contributed by atoms with Gasteiger partial charge < -0.3 is 4.90 Å². The molecule has 110 valence electrons. The molecule has 1 unspecified atom stereocenters. The molecule has 1 saturated heterocycles. The van der Waals surface area contributed by atoms with Crippen LogP contribution in [0.15, 0.2) is 30.6 Å². The number of thiophene rings is 1. The number of aromatic nitrogens is 1. The van der Waals surface area contributed by atoms with Crippen LogP contribution in [0.5, 0.6) is 0 Å². The Bertz CT molecular complexity index is 655. The van der Waals surface area contributed by atoms with Crippen molar-refractivity contribution >= 4 is 17.2 Å². The summed E-state index contributed by atoms with van der Waals surface area (Å²) in [6.07, 6.45) is 3.99. The number of rotatable bonds is 2. The smallest absolute Gasteiger partial charge is 0.264 e. The van der Waals surface area contributed by atoms with E-state index in [1.807, 2.05) is 31.3 Å². The van der Waals surface area contributed by atoms with Crippen LogP contribution >= 0.6 is 11.3 Å². The maximum Gasteiger partial charge on any atom is 0.264 e. The van der Waals surface area contributed by atoms with Crippen LogP contribution in [-0.2, 0) is 0 Å². The summed E-state index contributed by atoms with van der Waals surface area (Å²) in [7, 11) is 0. The predicted molar refractivity (Wildman–Crippen MR) is 82.3 cm³/mol. The van der Waals surface area contributed by atoms with Gasteiger partial charge in [0.1, 0.15) is 6.17 Å². The Morgan fingerprint density at radius 3 is 3.05 bits per heavy atom. The van der Waals surface area contributed by atoms with E-state index in [0.717, 1.165) is 22.4 Å². The van der Waals surface area contributed by atoms with Crippen molar-refractivity contribution in [2.45, 2.75) is 25.9 Å². The lowest BCUT2D eigenvalue weighted by molar-refractivity contribution is 0.0641. The number of nitrogens with zero attached hydrogens (tertiary/aromatic N) is 2. The van der Waals surface area contributed by atoms with Crippen LogP contribution in [0, 0.1) is 6.92 Å². The van der Waals surface area contributed by atoms with Crippen molar-refractivity contribution in [1.29, 1.82) is 0 Å². The number of pyridine rings is 1. The SMILES string of the molecule is Cc1cnccc1-c1ccc(C(=O)N2CCCC(F)C2)s1. The van der Waals surface area contributed by atoms with Crippen LogP contribution < -0.4 is 0 Å². The van der Waals surface area contributed by atoms with Gasteiger partial charge in [0.15, 0.2) is 0 Å². The van der Waals surface area contributed by atoms with Gasteiger partial charge in [0.05, 0.1) is 11.4 Å². The van der Waals surface area contributed by atoms with Crippen LogP contribution in [0.25, 0.3) is 10.4 Å². The molecule has 1 amide bonds. The maximum absolute atomic E-state index is 13.4. The lowest BCUT2D eigenvalue weighted by atomic mass is 10.1. The van der Waals surface area contributed by atoms with Crippen molar-refractivity contribution < 1.29 is 9.18 Å². The fourth-order valence-electron chi connectivity index (χ4n) is 2.61. The first-order valence-electron chi connectivity index (χ1n) is 7.09. The zero-order valence-corrected chi connectivity index (χ0v) is 12.7. The Morgan fingerprint density at radius 1 is 1.43 bits per heavy atom. The summed E-state index contributed by atoms with van der Waals surface area (Å²) in [6.45, 7) is 2.88. The molecule has 0 aromatic carbocycles. The summed E-state index contributed by atoms with van der Waals surface area (Å²) in [4.78, 5) is 19.9. The van der Waals surface area contributed by atoms with Crippen molar-refractivity contribution in [3.05, 3.63) is 41.0 Å². The maximum atomic E-state index is 13.4. The Morgan fingerprint density at radius 2 is 2.29 bits per heavy atom. The van der Waals surface area contributed by atoms with Gasteiger partial charge in [-0.05, 0) is 49.1 Å². The average molecular weight is 304 g/mol. The number of likely N-dealkylation sites (tertiary alicyclic amines) is 1. The molecule has 0 aliphatic carbocycles. The van der Waals surface area contributed by atoms with E-state index in [-0.39, 0.29) is 12.5 Å². The summed E-state index contributed by atoms with van der Waals surface area (Å²) in [6, 6.07) is 5.75. The quantitative estimate of drug-likeness (QED) is 0.847. The van der Waals surface area contributed by atoms with Crippen molar-refractivity contribution in [2.24, 2.45) is 0 Å².